The highest BCUT2D eigenvalue weighted by atomic mass is 32.2. The first kappa shape index (κ1) is 15.1. The quantitative estimate of drug-likeness (QED) is 0.817. The number of likely N-dealkylation sites (tertiary alicyclic amines) is 1. The first-order valence-electron chi connectivity index (χ1n) is 7.41. The molecule has 1 atom stereocenters. The molecular weight excluding hydrogens is 296 g/mol. The van der Waals surface area contributed by atoms with Gasteiger partial charge in [-0.1, -0.05) is 0 Å². The number of pyridine rings is 1. The zero-order chi connectivity index (χ0) is 15.7. The van der Waals surface area contributed by atoms with Crippen molar-refractivity contribution < 1.29 is 4.79 Å². The van der Waals surface area contributed by atoms with E-state index < -0.39 is 0 Å². The lowest BCUT2D eigenvalue weighted by atomic mass is 10.2. The highest BCUT2D eigenvalue weighted by Gasteiger charge is 2.30. The molecule has 1 aliphatic heterocycles. The van der Waals surface area contributed by atoms with E-state index in [1.54, 1.807) is 6.20 Å². The molecule has 1 fully saturated rings. The largest absolute Gasteiger partial charge is 0.336 e. The molecule has 0 aliphatic carbocycles. The molecule has 116 valence electrons. The summed E-state index contributed by atoms with van der Waals surface area (Å²) in [4.78, 5) is 18.9. The van der Waals surface area contributed by atoms with Gasteiger partial charge in [-0.3, -0.25) is 9.48 Å². The van der Waals surface area contributed by atoms with Gasteiger partial charge in [0.25, 0.3) is 5.91 Å². The molecule has 5 nitrogen and oxygen atoms in total. The molecule has 6 heteroatoms. The van der Waals surface area contributed by atoms with Crippen molar-refractivity contribution in [3.05, 3.63) is 41.3 Å². The highest BCUT2D eigenvalue weighted by Crippen LogP contribution is 2.26. The smallest absolute Gasteiger partial charge is 0.256 e. The van der Waals surface area contributed by atoms with Crippen LogP contribution in [0.2, 0.25) is 0 Å². The minimum absolute atomic E-state index is 0.0708. The van der Waals surface area contributed by atoms with E-state index in [0.29, 0.717) is 12.1 Å². The first-order valence-corrected chi connectivity index (χ1v) is 8.63. The number of aryl methyl sites for hydroxylation is 2. The molecule has 3 heterocycles. The maximum absolute atomic E-state index is 12.7. The summed E-state index contributed by atoms with van der Waals surface area (Å²) >= 11 is 1.51. The van der Waals surface area contributed by atoms with Crippen LogP contribution < -0.4 is 0 Å². The first-order chi connectivity index (χ1) is 10.6. The summed E-state index contributed by atoms with van der Waals surface area (Å²) in [6.45, 7) is 5.55. The van der Waals surface area contributed by atoms with E-state index >= 15 is 0 Å². The number of nitrogens with zero attached hydrogens (tertiary/aromatic N) is 4. The second kappa shape index (κ2) is 6.12. The van der Waals surface area contributed by atoms with Crippen LogP contribution in [0.15, 0.2) is 29.4 Å². The fourth-order valence-corrected chi connectivity index (χ4v) is 3.57. The van der Waals surface area contributed by atoms with Crippen molar-refractivity contribution >= 4 is 17.7 Å². The van der Waals surface area contributed by atoms with Crippen LogP contribution in [-0.4, -0.2) is 44.9 Å². The van der Waals surface area contributed by atoms with E-state index in [1.807, 2.05) is 30.2 Å². The molecule has 1 amide bonds. The Morgan fingerprint density at radius 1 is 1.41 bits per heavy atom. The second-order valence-electron chi connectivity index (χ2n) is 5.63. The van der Waals surface area contributed by atoms with Crippen LogP contribution in [-0.2, 0) is 0 Å². The van der Waals surface area contributed by atoms with Gasteiger partial charge in [-0.25, -0.2) is 4.98 Å². The van der Waals surface area contributed by atoms with Gasteiger partial charge in [-0.05, 0) is 44.7 Å². The van der Waals surface area contributed by atoms with E-state index in [2.05, 4.69) is 27.8 Å². The van der Waals surface area contributed by atoms with Crippen molar-refractivity contribution in [2.24, 2.45) is 0 Å². The lowest BCUT2D eigenvalue weighted by Gasteiger charge is -2.18. The highest BCUT2D eigenvalue weighted by molar-refractivity contribution is 7.98. The maximum atomic E-state index is 12.7. The minimum atomic E-state index is 0.0708. The number of carbonyl (C=O) groups is 1. The number of hydrogen-bond donors (Lipinski definition) is 0. The van der Waals surface area contributed by atoms with Gasteiger partial charge < -0.3 is 4.90 Å². The predicted molar refractivity (Wildman–Crippen MR) is 87.3 cm³/mol. The molecule has 1 aliphatic rings. The summed E-state index contributed by atoms with van der Waals surface area (Å²) in [5.41, 5.74) is 2.88. The summed E-state index contributed by atoms with van der Waals surface area (Å²) in [6, 6.07) is 6.03. The molecule has 0 aromatic carbocycles. The molecule has 2 aromatic heterocycles. The summed E-state index contributed by atoms with van der Waals surface area (Å²) < 4.78 is 2.06. The molecule has 0 saturated carbocycles. The summed E-state index contributed by atoms with van der Waals surface area (Å²) in [5.74, 6) is 0.0708. The zero-order valence-electron chi connectivity index (χ0n) is 13.1. The summed E-state index contributed by atoms with van der Waals surface area (Å²) in [5, 5.41) is 5.35. The Morgan fingerprint density at radius 2 is 2.23 bits per heavy atom. The third kappa shape index (κ3) is 2.75. The average Bonchev–Trinajstić information content (AvgIpc) is 3.12. The van der Waals surface area contributed by atoms with Gasteiger partial charge in [-0.15, -0.1) is 11.8 Å². The molecule has 0 radical (unpaired) electrons. The van der Waals surface area contributed by atoms with E-state index in [1.165, 1.54) is 11.8 Å². The van der Waals surface area contributed by atoms with E-state index in [-0.39, 0.29) is 11.9 Å². The van der Waals surface area contributed by atoms with E-state index in [9.17, 15) is 4.79 Å². The molecule has 0 unspecified atom stereocenters. The van der Waals surface area contributed by atoms with Crippen LogP contribution in [0.1, 0.15) is 34.2 Å². The van der Waals surface area contributed by atoms with Gasteiger partial charge in [0, 0.05) is 25.0 Å². The van der Waals surface area contributed by atoms with Crippen LogP contribution in [0.3, 0.4) is 0 Å². The number of rotatable bonds is 3. The van der Waals surface area contributed by atoms with Crippen molar-refractivity contribution in [3.63, 3.8) is 0 Å². The van der Waals surface area contributed by atoms with Crippen molar-refractivity contribution in [3.8, 4) is 0 Å². The third-order valence-corrected chi connectivity index (χ3v) is 4.75. The number of hydrogen-bond acceptors (Lipinski definition) is 4. The Kier molecular flexibility index (Phi) is 4.20. The fourth-order valence-electron chi connectivity index (χ4n) is 3.03. The van der Waals surface area contributed by atoms with Gasteiger partial charge in [0.15, 0.2) is 0 Å². The molecule has 0 N–H and O–H groups in total. The Balaban J connectivity index is 1.77. The average molecular weight is 316 g/mol. The molecule has 1 saturated heterocycles. The lowest BCUT2D eigenvalue weighted by molar-refractivity contribution is 0.0782. The number of aromatic nitrogens is 3. The molecule has 22 heavy (non-hydrogen) atoms. The zero-order valence-corrected chi connectivity index (χ0v) is 13.9. The molecule has 2 aromatic rings. The number of carbonyl (C=O) groups excluding carboxylic acids is 1. The van der Waals surface area contributed by atoms with Crippen LogP contribution in [0.25, 0.3) is 0 Å². The SMILES string of the molecule is CSc1ncccc1C(=O)N1CC[C@H](n2nc(C)cc2C)C1. The van der Waals surface area contributed by atoms with Crippen molar-refractivity contribution in [1.82, 2.24) is 19.7 Å². The minimum Gasteiger partial charge on any atom is -0.336 e. The van der Waals surface area contributed by atoms with Crippen molar-refractivity contribution in [2.75, 3.05) is 19.3 Å². The molecular formula is C16H20N4OS. The Labute approximate surface area is 134 Å². The van der Waals surface area contributed by atoms with Crippen LogP contribution in [0, 0.1) is 13.8 Å². The standard InChI is InChI=1S/C16H20N4OS/c1-11-9-12(2)20(18-11)13-6-8-19(10-13)16(21)14-5-4-7-17-15(14)22-3/h4-5,7,9,13H,6,8,10H2,1-3H3/t13-/m0/s1. The van der Waals surface area contributed by atoms with E-state index in [0.717, 1.165) is 29.4 Å². The normalized spacial score (nSPS) is 18.0. The molecule has 0 spiro atoms. The summed E-state index contributed by atoms with van der Waals surface area (Å²) in [7, 11) is 0. The summed E-state index contributed by atoms with van der Waals surface area (Å²) in [6.07, 6.45) is 4.62. The molecule has 3 rings (SSSR count). The monoisotopic (exact) mass is 316 g/mol. The Morgan fingerprint density at radius 3 is 2.91 bits per heavy atom. The molecule has 0 bridgehead atoms. The maximum Gasteiger partial charge on any atom is 0.256 e. The Hall–Kier alpha value is -1.82. The number of thioether (sulfide) groups is 1. The third-order valence-electron chi connectivity index (χ3n) is 4.04. The van der Waals surface area contributed by atoms with Crippen molar-refractivity contribution in [1.29, 1.82) is 0 Å². The van der Waals surface area contributed by atoms with Gasteiger partial charge in [-0.2, -0.15) is 5.10 Å². The van der Waals surface area contributed by atoms with Gasteiger partial charge in [0.1, 0.15) is 5.03 Å². The van der Waals surface area contributed by atoms with Gasteiger partial charge >= 0.3 is 0 Å². The van der Waals surface area contributed by atoms with Crippen LogP contribution in [0.5, 0.6) is 0 Å². The Bertz CT molecular complexity index is 697. The van der Waals surface area contributed by atoms with Crippen molar-refractivity contribution in [2.45, 2.75) is 31.3 Å². The number of amides is 1. The lowest BCUT2D eigenvalue weighted by Crippen LogP contribution is -2.30. The predicted octanol–water partition coefficient (Wildman–Crippen LogP) is 2.70. The van der Waals surface area contributed by atoms with E-state index in [4.69, 9.17) is 0 Å². The topological polar surface area (TPSA) is 51.0 Å². The van der Waals surface area contributed by atoms with Gasteiger partial charge in [0.05, 0.1) is 17.3 Å². The second-order valence-corrected chi connectivity index (χ2v) is 6.42. The van der Waals surface area contributed by atoms with Crippen LogP contribution in [0.4, 0.5) is 0 Å². The van der Waals surface area contributed by atoms with Crippen LogP contribution >= 0.6 is 11.8 Å². The van der Waals surface area contributed by atoms with Gasteiger partial charge in [0.2, 0.25) is 0 Å². The fraction of sp³-hybridized carbons (Fsp3) is 0.438.